The molecule has 0 saturated heterocycles. The van der Waals surface area contributed by atoms with Crippen molar-refractivity contribution < 1.29 is 14.6 Å². The summed E-state index contributed by atoms with van der Waals surface area (Å²) >= 11 is 12.0. The summed E-state index contributed by atoms with van der Waals surface area (Å²) in [5, 5.41) is 9.88. The minimum Gasteiger partial charge on any atom is -0.456 e. The van der Waals surface area contributed by atoms with Crippen LogP contribution in [0, 0.1) is 12.3 Å². The van der Waals surface area contributed by atoms with Crippen LogP contribution in [0.3, 0.4) is 0 Å². The van der Waals surface area contributed by atoms with Crippen LogP contribution in [-0.4, -0.2) is 16.7 Å². The molecule has 1 aromatic rings. The first-order chi connectivity index (χ1) is 8.67. The van der Waals surface area contributed by atoms with Crippen molar-refractivity contribution in [2.75, 3.05) is 0 Å². The predicted molar refractivity (Wildman–Crippen MR) is 75.4 cm³/mol. The quantitative estimate of drug-likeness (QED) is 0.670. The Morgan fingerprint density at radius 2 is 2.00 bits per heavy atom. The zero-order valence-electron chi connectivity index (χ0n) is 10.8. The third-order valence-electron chi connectivity index (χ3n) is 2.18. The lowest BCUT2D eigenvalue weighted by Gasteiger charge is -2.20. The fourth-order valence-electron chi connectivity index (χ4n) is 1.39. The number of halogens is 2. The van der Waals surface area contributed by atoms with Crippen molar-refractivity contribution in [2.24, 2.45) is 0 Å². The minimum absolute atomic E-state index is 0.00667. The molecule has 0 spiro atoms. The molecule has 0 saturated carbocycles. The Balaban J connectivity index is 3.26. The summed E-state index contributed by atoms with van der Waals surface area (Å²) in [7, 11) is 0. The number of benzene rings is 1. The number of rotatable bonds is 2. The van der Waals surface area contributed by atoms with E-state index in [1.807, 2.05) is 0 Å². The van der Waals surface area contributed by atoms with E-state index < -0.39 is 17.7 Å². The second kappa shape index (κ2) is 5.83. The fraction of sp³-hybridized carbons (Fsp3) is 0.357. The highest BCUT2D eigenvalue weighted by Crippen LogP contribution is 2.33. The molecule has 19 heavy (non-hydrogen) atoms. The third kappa shape index (κ3) is 3.87. The topological polar surface area (TPSA) is 46.5 Å². The van der Waals surface area contributed by atoms with Crippen LogP contribution in [0.2, 0.25) is 10.0 Å². The highest BCUT2D eigenvalue weighted by atomic mass is 35.5. The first-order valence-electron chi connectivity index (χ1n) is 5.53. The molecule has 0 aliphatic heterocycles. The lowest BCUT2D eigenvalue weighted by atomic mass is 10.1. The lowest BCUT2D eigenvalue weighted by Crippen LogP contribution is -2.24. The van der Waals surface area contributed by atoms with Gasteiger partial charge in [0.25, 0.3) is 0 Å². The molecule has 1 aromatic carbocycles. The van der Waals surface area contributed by atoms with Crippen LogP contribution in [-0.2, 0) is 4.74 Å². The van der Waals surface area contributed by atoms with E-state index in [0.29, 0.717) is 0 Å². The normalized spacial score (nSPS) is 12.7. The first-order valence-corrected chi connectivity index (χ1v) is 6.28. The predicted octanol–water partition coefficient (Wildman–Crippen LogP) is 3.62. The van der Waals surface area contributed by atoms with Gasteiger partial charge in [-0.2, -0.15) is 0 Å². The molecule has 1 N–H and O–H groups in total. The summed E-state index contributed by atoms with van der Waals surface area (Å²) in [5.41, 5.74) is -0.398. The molecular weight excluding hydrogens is 287 g/mol. The number of hydrogen-bond donors (Lipinski definition) is 1. The van der Waals surface area contributed by atoms with Gasteiger partial charge in [-0.15, -0.1) is 6.42 Å². The lowest BCUT2D eigenvalue weighted by molar-refractivity contribution is 0.00696. The summed E-state index contributed by atoms with van der Waals surface area (Å²) in [4.78, 5) is 12.0. The molecule has 0 aromatic heterocycles. The highest BCUT2D eigenvalue weighted by molar-refractivity contribution is 6.38. The molecule has 0 aliphatic rings. The van der Waals surface area contributed by atoms with Gasteiger partial charge in [0.15, 0.2) is 0 Å². The molecule has 0 radical (unpaired) electrons. The van der Waals surface area contributed by atoms with Crippen LogP contribution < -0.4 is 0 Å². The van der Waals surface area contributed by atoms with Gasteiger partial charge in [0.1, 0.15) is 11.7 Å². The summed E-state index contributed by atoms with van der Waals surface area (Å²) in [6.07, 6.45) is 3.86. The number of ether oxygens (including phenoxy) is 1. The van der Waals surface area contributed by atoms with E-state index in [0.717, 1.165) is 0 Å². The van der Waals surface area contributed by atoms with Gasteiger partial charge in [0.2, 0.25) is 0 Å². The van der Waals surface area contributed by atoms with Crippen molar-refractivity contribution in [3.63, 3.8) is 0 Å². The Morgan fingerprint density at radius 3 is 2.47 bits per heavy atom. The summed E-state index contributed by atoms with van der Waals surface area (Å²) in [5.74, 6) is 1.51. The number of esters is 1. The van der Waals surface area contributed by atoms with Crippen LogP contribution in [0.1, 0.15) is 42.8 Å². The van der Waals surface area contributed by atoms with Crippen molar-refractivity contribution in [3.8, 4) is 12.3 Å². The van der Waals surface area contributed by atoms with Crippen LogP contribution in [0.5, 0.6) is 0 Å². The van der Waals surface area contributed by atoms with Gasteiger partial charge in [0, 0.05) is 10.6 Å². The van der Waals surface area contributed by atoms with Crippen LogP contribution >= 0.6 is 23.2 Å². The van der Waals surface area contributed by atoms with E-state index in [1.54, 1.807) is 20.8 Å². The number of hydrogen-bond acceptors (Lipinski definition) is 3. The van der Waals surface area contributed by atoms with Gasteiger partial charge in [-0.1, -0.05) is 29.1 Å². The van der Waals surface area contributed by atoms with Crippen LogP contribution in [0.4, 0.5) is 0 Å². The van der Waals surface area contributed by atoms with E-state index in [2.05, 4.69) is 5.92 Å². The molecule has 0 amide bonds. The van der Waals surface area contributed by atoms with Crippen molar-refractivity contribution in [1.82, 2.24) is 0 Å². The van der Waals surface area contributed by atoms with Gasteiger partial charge in [-0.25, -0.2) is 4.79 Å². The Kier molecular flexibility index (Phi) is 4.86. The van der Waals surface area contributed by atoms with E-state index in [4.69, 9.17) is 34.4 Å². The summed E-state index contributed by atoms with van der Waals surface area (Å²) in [6, 6.07) is 2.88. The standard InChI is InChI=1S/C14H14Cl2O3/c1-5-10(17)11-9(15)7-6-8(12(11)16)13(18)19-14(2,3)4/h1,6-7,10,17H,2-4H3. The number of aliphatic hydroxyl groups excluding tert-OH is 1. The number of aliphatic hydroxyl groups is 1. The molecule has 3 nitrogen and oxygen atoms in total. The Labute approximate surface area is 122 Å². The van der Waals surface area contributed by atoms with Gasteiger partial charge in [-0.05, 0) is 32.9 Å². The second-order valence-corrected chi connectivity index (χ2v) is 5.68. The summed E-state index contributed by atoms with van der Waals surface area (Å²) < 4.78 is 5.21. The molecule has 1 unspecified atom stereocenters. The third-order valence-corrected chi connectivity index (χ3v) is 2.91. The zero-order valence-corrected chi connectivity index (χ0v) is 12.3. The Hall–Kier alpha value is -1.21. The van der Waals surface area contributed by atoms with Crippen molar-refractivity contribution >= 4 is 29.2 Å². The molecular formula is C14H14Cl2O3. The smallest absolute Gasteiger partial charge is 0.340 e. The molecule has 0 bridgehead atoms. The maximum Gasteiger partial charge on any atom is 0.340 e. The van der Waals surface area contributed by atoms with Gasteiger partial charge in [0.05, 0.1) is 10.6 Å². The van der Waals surface area contributed by atoms with Gasteiger partial charge in [-0.3, -0.25) is 0 Å². The van der Waals surface area contributed by atoms with Gasteiger partial charge < -0.3 is 9.84 Å². The fourth-order valence-corrected chi connectivity index (χ4v) is 2.05. The van der Waals surface area contributed by atoms with Crippen molar-refractivity contribution in [2.45, 2.75) is 32.5 Å². The number of carbonyl (C=O) groups excluding carboxylic acids is 1. The van der Waals surface area contributed by atoms with Crippen molar-refractivity contribution in [3.05, 3.63) is 33.3 Å². The van der Waals surface area contributed by atoms with Crippen LogP contribution in [0.25, 0.3) is 0 Å². The highest BCUT2D eigenvalue weighted by Gasteiger charge is 2.24. The molecule has 0 fully saturated rings. The molecule has 1 rings (SSSR count). The monoisotopic (exact) mass is 300 g/mol. The van der Waals surface area contributed by atoms with E-state index in [9.17, 15) is 9.90 Å². The van der Waals surface area contributed by atoms with Gasteiger partial charge >= 0.3 is 5.97 Å². The second-order valence-electron chi connectivity index (χ2n) is 4.89. The average Bonchev–Trinajstić information content (AvgIpc) is 2.26. The SMILES string of the molecule is C#CC(O)c1c(Cl)ccc(C(=O)OC(C)(C)C)c1Cl. The Morgan fingerprint density at radius 1 is 1.42 bits per heavy atom. The van der Waals surface area contributed by atoms with E-state index >= 15 is 0 Å². The summed E-state index contributed by atoms with van der Waals surface area (Å²) in [6.45, 7) is 5.23. The number of terminal acetylenes is 1. The first kappa shape index (κ1) is 15.8. The minimum atomic E-state index is -1.28. The maximum absolute atomic E-state index is 12.0. The maximum atomic E-state index is 12.0. The van der Waals surface area contributed by atoms with E-state index in [1.165, 1.54) is 12.1 Å². The number of carbonyl (C=O) groups is 1. The molecule has 0 heterocycles. The Bertz CT molecular complexity index is 539. The average molecular weight is 301 g/mol. The molecule has 5 heteroatoms. The zero-order chi connectivity index (χ0) is 14.8. The molecule has 102 valence electrons. The van der Waals surface area contributed by atoms with Crippen LogP contribution in [0.15, 0.2) is 12.1 Å². The van der Waals surface area contributed by atoms with Crippen molar-refractivity contribution in [1.29, 1.82) is 0 Å². The molecule has 0 aliphatic carbocycles. The van der Waals surface area contributed by atoms with E-state index in [-0.39, 0.29) is 21.2 Å². The molecule has 1 atom stereocenters. The largest absolute Gasteiger partial charge is 0.456 e.